The molecule has 0 bridgehead atoms. The second-order valence-electron chi connectivity index (χ2n) is 3.71. The van der Waals surface area contributed by atoms with Crippen molar-refractivity contribution in [3.8, 4) is 0 Å². The second-order valence-corrected chi connectivity index (χ2v) is 3.71. The van der Waals surface area contributed by atoms with Crippen molar-refractivity contribution in [2.24, 2.45) is 0 Å². The molecule has 1 rings (SSSR count). The first-order valence-electron chi connectivity index (χ1n) is 5.75. The molecule has 0 amide bonds. The minimum Gasteiger partial charge on any atom is -0.462 e. The highest BCUT2D eigenvalue weighted by Crippen LogP contribution is 2.08. The van der Waals surface area contributed by atoms with Crippen LogP contribution in [-0.4, -0.2) is 12.6 Å². The highest BCUT2D eigenvalue weighted by atomic mass is 16.5. The predicted octanol–water partition coefficient (Wildman–Crippen LogP) is 3.52. The van der Waals surface area contributed by atoms with Gasteiger partial charge in [0.15, 0.2) is 0 Å². The Bertz CT molecular complexity index is 425. The molecule has 0 aromatic heterocycles. The van der Waals surface area contributed by atoms with Gasteiger partial charge in [0, 0.05) is 0 Å². The molecule has 0 N–H and O–H groups in total. The quantitative estimate of drug-likeness (QED) is 0.449. The van der Waals surface area contributed by atoms with E-state index in [1.165, 1.54) is 5.56 Å². The maximum atomic E-state index is 11.5. The Morgan fingerprint density at radius 3 is 2.47 bits per heavy atom. The zero-order valence-electron chi connectivity index (χ0n) is 10.6. The van der Waals surface area contributed by atoms with Crippen LogP contribution in [0, 0.1) is 6.92 Å². The van der Waals surface area contributed by atoms with Gasteiger partial charge in [0.2, 0.25) is 0 Å². The molecule has 1 aromatic carbocycles. The average molecular weight is 230 g/mol. The van der Waals surface area contributed by atoms with Gasteiger partial charge in [0.1, 0.15) is 0 Å². The molecule has 2 nitrogen and oxygen atoms in total. The molecule has 0 aliphatic heterocycles. The summed E-state index contributed by atoms with van der Waals surface area (Å²) in [5.74, 6) is -0.279. The van der Waals surface area contributed by atoms with E-state index < -0.39 is 0 Å². The number of carbonyl (C=O) groups excluding carboxylic acids is 1. The van der Waals surface area contributed by atoms with Gasteiger partial charge in [-0.25, -0.2) is 4.79 Å². The zero-order valence-corrected chi connectivity index (χ0v) is 10.6. The molecule has 2 heteroatoms. The lowest BCUT2D eigenvalue weighted by molar-refractivity contribution is -0.138. The highest BCUT2D eigenvalue weighted by Gasteiger charge is 2.04. The molecule has 1 aromatic rings. The molecule has 0 fully saturated rings. The van der Waals surface area contributed by atoms with E-state index >= 15 is 0 Å². The maximum absolute atomic E-state index is 11.5. The van der Waals surface area contributed by atoms with Crippen LogP contribution in [0.4, 0.5) is 0 Å². The molecule has 17 heavy (non-hydrogen) atoms. The van der Waals surface area contributed by atoms with Gasteiger partial charge < -0.3 is 4.74 Å². The molecule has 0 spiro atoms. The Labute approximate surface area is 103 Å². The van der Waals surface area contributed by atoms with Gasteiger partial charge in [0.05, 0.1) is 12.2 Å². The van der Waals surface area contributed by atoms with Crippen molar-refractivity contribution in [2.45, 2.75) is 20.8 Å². The van der Waals surface area contributed by atoms with Crippen LogP contribution in [0.1, 0.15) is 25.0 Å². The van der Waals surface area contributed by atoms with Crippen LogP contribution in [0.25, 0.3) is 6.08 Å². The molecule has 90 valence electrons. The van der Waals surface area contributed by atoms with Crippen LogP contribution >= 0.6 is 0 Å². The van der Waals surface area contributed by atoms with Crippen molar-refractivity contribution in [1.82, 2.24) is 0 Å². The number of hydrogen-bond acceptors (Lipinski definition) is 2. The summed E-state index contributed by atoms with van der Waals surface area (Å²) in [4.78, 5) is 11.5. The molecular weight excluding hydrogens is 212 g/mol. The van der Waals surface area contributed by atoms with Crippen molar-refractivity contribution in [2.75, 3.05) is 6.61 Å². The van der Waals surface area contributed by atoms with Crippen LogP contribution < -0.4 is 0 Å². The zero-order chi connectivity index (χ0) is 12.7. The summed E-state index contributed by atoms with van der Waals surface area (Å²) in [6, 6.07) is 8.12. The van der Waals surface area contributed by atoms with Crippen molar-refractivity contribution in [3.05, 3.63) is 53.1 Å². The van der Waals surface area contributed by atoms with Crippen molar-refractivity contribution < 1.29 is 9.53 Å². The maximum Gasteiger partial charge on any atom is 0.337 e. The smallest absolute Gasteiger partial charge is 0.337 e. The van der Waals surface area contributed by atoms with Gasteiger partial charge in [-0.15, -0.1) is 0 Å². The van der Waals surface area contributed by atoms with Crippen LogP contribution in [0.3, 0.4) is 0 Å². The van der Waals surface area contributed by atoms with E-state index in [4.69, 9.17) is 4.74 Å². The van der Waals surface area contributed by atoms with E-state index in [1.807, 2.05) is 44.2 Å². The number of aryl methyl sites for hydroxylation is 1. The van der Waals surface area contributed by atoms with Gasteiger partial charge in [-0.05, 0) is 32.4 Å². The van der Waals surface area contributed by atoms with Crippen molar-refractivity contribution in [1.29, 1.82) is 0 Å². The molecule has 0 radical (unpaired) electrons. The van der Waals surface area contributed by atoms with E-state index in [-0.39, 0.29) is 5.97 Å². The third-order valence-corrected chi connectivity index (χ3v) is 2.35. The summed E-state index contributed by atoms with van der Waals surface area (Å²) in [6.07, 6.45) is 5.44. The first-order chi connectivity index (χ1) is 8.17. The molecule has 0 saturated carbocycles. The van der Waals surface area contributed by atoms with Gasteiger partial charge in [-0.1, -0.05) is 42.0 Å². The number of allylic oxidation sites excluding steroid dienone is 1. The Morgan fingerprint density at radius 1 is 1.29 bits per heavy atom. The Hall–Kier alpha value is -1.83. The number of rotatable bonds is 4. The lowest BCUT2D eigenvalue weighted by Crippen LogP contribution is -2.05. The summed E-state index contributed by atoms with van der Waals surface area (Å²) >= 11 is 0. The first-order valence-corrected chi connectivity index (χ1v) is 5.75. The average Bonchev–Trinajstić information content (AvgIpc) is 2.32. The monoisotopic (exact) mass is 230 g/mol. The van der Waals surface area contributed by atoms with E-state index in [1.54, 1.807) is 19.1 Å². The van der Waals surface area contributed by atoms with Crippen LogP contribution in [0.15, 0.2) is 42.0 Å². The Morgan fingerprint density at radius 2 is 1.94 bits per heavy atom. The first kappa shape index (κ1) is 13.2. The van der Waals surface area contributed by atoms with Crippen molar-refractivity contribution >= 4 is 12.0 Å². The summed E-state index contributed by atoms with van der Waals surface area (Å²) in [6.45, 7) is 6.07. The lowest BCUT2D eigenvalue weighted by Gasteiger charge is -2.01. The molecule has 0 aliphatic carbocycles. The fourth-order valence-electron chi connectivity index (χ4n) is 1.36. The highest BCUT2D eigenvalue weighted by molar-refractivity contribution is 5.92. The second kappa shape index (κ2) is 6.69. The number of carbonyl (C=O) groups is 1. The summed E-state index contributed by atoms with van der Waals surface area (Å²) in [7, 11) is 0. The van der Waals surface area contributed by atoms with Gasteiger partial charge in [-0.3, -0.25) is 0 Å². The SMILES string of the molecule is C/C=C(\C=C\c1ccc(C)cc1)C(=O)OCC. The minimum atomic E-state index is -0.279. The standard InChI is InChI=1S/C15H18O2/c1-4-14(15(16)17-5-2)11-10-13-8-6-12(3)7-9-13/h4,6-11H,5H2,1-3H3/b11-10+,14-4+. The minimum absolute atomic E-state index is 0.279. The van der Waals surface area contributed by atoms with Crippen LogP contribution in [-0.2, 0) is 9.53 Å². The number of hydrogen-bond donors (Lipinski definition) is 0. The Kier molecular flexibility index (Phi) is 5.21. The van der Waals surface area contributed by atoms with Crippen molar-refractivity contribution in [3.63, 3.8) is 0 Å². The van der Waals surface area contributed by atoms with E-state index in [0.717, 1.165) is 5.56 Å². The fourth-order valence-corrected chi connectivity index (χ4v) is 1.36. The molecule has 0 aliphatic rings. The molecule has 0 unspecified atom stereocenters. The van der Waals surface area contributed by atoms with E-state index in [9.17, 15) is 4.79 Å². The lowest BCUT2D eigenvalue weighted by atomic mass is 10.1. The molecule has 0 heterocycles. The molecule has 0 saturated heterocycles. The summed E-state index contributed by atoms with van der Waals surface area (Å²) in [5.41, 5.74) is 2.87. The molecular formula is C15H18O2. The number of esters is 1. The predicted molar refractivity (Wildman–Crippen MR) is 70.6 cm³/mol. The normalized spacial score (nSPS) is 11.8. The third-order valence-electron chi connectivity index (χ3n) is 2.35. The largest absolute Gasteiger partial charge is 0.462 e. The topological polar surface area (TPSA) is 26.3 Å². The summed E-state index contributed by atoms with van der Waals surface area (Å²) in [5, 5.41) is 0. The van der Waals surface area contributed by atoms with Gasteiger partial charge >= 0.3 is 5.97 Å². The molecule has 0 atom stereocenters. The van der Waals surface area contributed by atoms with Crippen LogP contribution in [0.5, 0.6) is 0 Å². The van der Waals surface area contributed by atoms with E-state index in [0.29, 0.717) is 12.2 Å². The van der Waals surface area contributed by atoms with Gasteiger partial charge in [0.25, 0.3) is 0 Å². The third kappa shape index (κ3) is 4.27. The fraction of sp³-hybridized carbons (Fsp3) is 0.267. The number of benzene rings is 1. The number of ether oxygens (including phenoxy) is 1. The summed E-state index contributed by atoms with van der Waals surface area (Å²) < 4.78 is 4.94. The van der Waals surface area contributed by atoms with Gasteiger partial charge in [-0.2, -0.15) is 0 Å². The van der Waals surface area contributed by atoms with E-state index in [2.05, 4.69) is 0 Å². The van der Waals surface area contributed by atoms with Crippen LogP contribution in [0.2, 0.25) is 0 Å². The Balaban J connectivity index is 2.75.